The monoisotopic (exact) mass is 483 g/mol. The van der Waals surface area contributed by atoms with Crippen LogP contribution in [0.3, 0.4) is 0 Å². The lowest BCUT2D eigenvalue weighted by atomic mass is 9.90. The van der Waals surface area contributed by atoms with Crippen LogP contribution >= 0.6 is 0 Å². The van der Waals surface area contributed by atoms with Crippen molar-refractivity contribution in [3.63, 3.8) is 0 Å². The van der Waals surface area contributed by atoms with E-state index in [4.69, 9.17) is 4.84 Å². The zero-order valence-corrected chi connectivity index (χ0v) is 20.7. The molecule has 6 rings (SSSR count). The lowest BCUT2D eigenvalue weighted by Crippen LogP contribution is -2.51. The molecule has 7 nitrogen and oxygen atoms in total. The van der Waals surface area contributed by atoms with Gasteiger partial charge in [-0.2, -0.15) is 5.06 Å². The molecule has 0 aliphatic carbocycles. The quantitative estimate of drug-likeness (QED) is 0.516. The molecular weight excluding hydrogens is 454 g/mol. The molecule has 3 atom stereocenters. The van der Waals surface area contributed by atoms with Crippen LogP contribution in [-0.2, 0) is 21.0 Å². The van der Waals surface area contributed by atoms with Gasteiger partial charge in [0.25, 0.3) is 0 Å². The topological polar surface area (TPSA) is 70.2 Å². The zero-order valence-electron chi connectivity index (χ0n) is 20.7. The van der Waals surface area contributed by atoms with Gasteiger partial charge >= 0.3 is 0 Å². The molecule has 36 heavy (non-hydrogen) atoms. The molecule has 184 valence electrons. The van der Waals surface area contributed by atoms with Gasteiger partial charge < -0.3 is 4.84 Å². The highest BCUT2D eigenvalue weighted by Gasteiger charge is 2.57. The summed E-state index contributed by atoms with van der Waals surface area (Å²) >= 11 is 0. The summed E-state index contributed by atoms with van der Waals surface area (Å²) in [5.74, 6) is -1.10. The summed E-state index contributed by atoms with van der Waals surface area (Å²) in [5.41, 5.74) is 1.93. The van der Waals surface area contributed by atoms with Crippen molar-refractivity contribution in [3.05, 3.63) is 83.4 Å². The van der Waals surface area contributed by atoms with Crippen molar-refractivity contribution < 1.29 is 19.2 Å². The molecule has 2 bridgehead atoms. The molecule has 3 aromatic rings. The molecule has 3 aliphatic heterocycles. The van der Waals surface area contributed by atoms with Crippen molar-refractivity contribution in [1.82, 2.24) is 15.1 Å². The second-order valence-electron chi connectivity index (χ2n) is 10.5. The van der Waals surface area contributed by atoms with Crippen LogP contribution in [0.4, 0.5) is 0 Å². The van der Waals surface area contributed by atoms with Crippen molar-refractivity contribution in [2.24, 2.45) is 5.92 Å². The summed E-state index contributed by atoms with van der Waals surface area (Å²) < 4.78 is 0. The van der Waals surface area contributed by atoms with E-state index in [0.29, 0.717) is 18.5 Å². The summed E-state index contributed by atoms with van der Waals surface area (Å²) in [6.45, 7) is 4.42. The van der Waals surface area contributed by atoms with E-state index in [1.807, 2.05) is 67.4 Å². The Morgan fingerprint density at radius 2 is 1.72 bits per heavy atom. The number of imide groups is 1. The molecule has 0 aromatic heterocycles. The highest BCUT2D eigenvalue weighted by molar-refractivity contribution is 6.05. The fourth-order valence-corrected chi connectivity index (χ4v) is 6.27. The molecule has 0 spiro atoms. The summed E-state index contributed by atoms with van der Waals surface area (Å²) in [6, 6.07) is 20.7. The van der Waals surface area contributed by atoms with Crippen LogP contribution < -0.4 is 0 Å². The number of ketones is 1. The maximum Gasteiger partial charge on any atom is 0.249 e. The summed E-state index contributed by atoms with van der Waals surface area (Å²) in [5, 5.41) is 7.13. The van der Waals surface area contributed by atoms with Gasteiger partial charge in [0, 0.05) is 24.1 Å². The first-order valence-electron chi connectivity index (χ1n) is 12.4. The minimum Gasteiger partial charge on any atom is -0.301 e. The number of hydrogen-bond acceptors (Lipinski definition) is 6. The van der Waals surface area contributed by atoms with E-state index in [-0.39, 0.29) is 24.0 Å². The van der Waals surface area contributed by atoms with Crippen LogP contribution in [0.25, 0.3) is 10.8 Å². The van der Waals surface area contributed by atoms with E-state index in [1.165, 1.54) is 12.1 Å². The average Bonchev–Trinajstić information content (AvgIpc) is 3.32. The Morgan fingerprint density at radius 1 is 1.00 bits per heavy atom. The van der Waals surface area contributed by atoms with Gasteiger partial charge in [-0.1, -0.05) is 66.7 Å². The minimum absolute atomic E-state index is 0.0420. The number of hydrazine groups is 1. The predicted molar refractivity (Wildman–Crippen MR) is 134 cm³/mol. The van der Waals surface area contributed by atoms with Crippen LogP contribution in [-0.4, -0.2) is 51.4 Å². The maximum atomic E-state index is 14.2. The summed E-state index contributed by atoms with van der Waals surface area (Å²) in [7, 11) is 1.53. The van der Waals surface area contributed by atoms with E-state index in [0.717, 1.165) is 21.9 Å². The zero-order chi connectivity index (χ0) is 25.2. The first-order chi connectivity index (χ1) is 17.3. The normalized spacial score (nSPS) is 25.5. The number of amides is 2. The number of rotatable bonds is 4. The van der Waals surface area contributed by atoms with Crippen molar-refractivity contribution in [2.75, 3.05) is 7.11 Å². The molecule has 0 N–H and O–H groups in total. The van der Waals surface area contributed by atoms with Crippen LogP contribution in [0.15, 0.2) is 66.7 Å². The number of carbonyl (C=O) groups excluding carboxylic acids is 3. The molecule has 2 saturated heterocycles. The van der Waals surface area contributed by atoms with E-state index >= 15 is 0 Å². The van der Waals surface area contributed by atoms with Crippen molar-refractivity contribution in [1.29, 1.82) is 0 Å². The number of nitrogens with zero attached hydrogens (tertiary/aromatic N) is 3. The van der Waals surface area contributed by atoms with Gasteiger partial charge in [-0.25, -0.2) is 10.0 Å². The number of carbonyl (C=O) groups is 3. The Balaban J connectivity index is 1.38. The van der Waals surface area contributed by atoms with Gasteiger partial charge in [-0.3, -0.25) is 14.4 Å². The SMILES string of the molecule is CON1[C@@H]2C[C@H](C(=O)N3C(=O)CC(C)(C)N3Cc3cccc4ccccc34)[C@H]1c1ccccc1C2=O. The van der Waals surface area contributed by atoms with E-state index < -0.39 is 23.5 Å². The fraction of sp³-hybridized carbons (Fsp3) is 0.345. The lowest BCUT2D eigenvalue weighted by Gasteiger charge is -2.38. The number of Topliss-reactive ketones (excluding diaryl/α,β-unsaturated/α-hetero) is 1. The Kier molecular flexibility index (Phi) is 5.33. The fourth-order valence-electron chi connectivity index (χ4n) is 6.27. The molecule has 3 aliphatic rings. The second-order valence-corrected chi connectivity index (χ2v) is 10.5. The molecule has 3 heterocycles. The molecule has 3 aromatic carbocycles. The van der Waals surface area contributed by atoms with Gasteiger partial charge in [0.1, 0.15) is 0 Å². The predicted octanol–water partition coefficient (Wildman–Crippen LogP) is 4.28. The molecule has 0 radical (unpaired) electrons. The number of benzene rings is 3. The number of hydrogen-bond donors (Lipinski definition) is 0. The smallest absolute Gasteiger partial charge is 0.249 e. The third-order valence-electron chi connectivity index (χ3n) is 7.98. The van der Waals surface area contributed by atoms with Crippen LogP contribution in [0.5, 0.6) is 0 Å². The van der Waals surface area contributed by atoms with Crippen LogP contribution in [0.1, 0.15) is 54.2 Å². The van der Waals surface area contributed by atoms with Crippen molar-refractivity contribution in [3.8, 4) is 0 Å². The molecular formula is C29H29N3O4. The van der Waals surface area contributed by atoms with Gasteiger partial charge in [0.05, 0.1) is 25.1 Å². The highest BCUT2D eigenvalue weighted by Crippen LogP contribution is 2.49. The largest absolute Gasteiger partial charge is 0.301 e. The Labute approximate surface area is 210 Å². The van der Waals surface area contributed by atoms with Crippen molar-refractivity contribution >= 4 is 28.4 Å². The van der Waals surface area contributed by atoms with Crippen molar-refractivity contribution in [2.45, 2.75) is 50.9 Å². The number of hydroxylamine groups is 2. The first kappa shape index (κ1) is 23.0. The molecule has 0 unspecified atom stereocenters. The third-order valence-corrected chi connectivity index (χ3v) is 7.98. The van der Waals surface area contributed by atoms with Crippen LogP contribution in [0.2, 0.25) is 0 Å². The van der Waals surface area contributed by atoms with E-state index in [9.17, 15) is 14.4 Å². The molecule has 0 saturated carbocycles. The first-order valence-corrected chi connectivity index (χ1v) is 12.4. The van der Waals surface area contributed by atoms with Crippen LogP contribution in [0, 0.1) is 5.92 Å². The molecule has 7 heteroatoms. The molecule has 2 fully saturated rings. The lowest BCUT2D eigenvalue weighted by molar-refractivity contribution is -0.178. The highest BCUT2D eigenvalue weighted by atomic mass is 16.7. The van der Waals surface area contributed by atoms with E-state index in [1.54, 1.807) is 5.06 Å². The maximum absolute atomic E-state index is 14.2. The minimum atomic E-state index is -0.574. The third kappa shape index (κ3) is 3.34. The standard InChI is InChI=1S/C29H29N3O4/c1-29(2)16-25(33)31(30(29)17-19-11-8-10-18-9-4-5-12-20(18)19)28(35)23-15-24-27(34)22-14-7-6-13-21(22)26(23)32(24)36-3/h4-14,23-24,26H,15-17H2,1-3H3/t23-,24+,26+/m0/s1. The number of fused-ring (bicyclic) bond motifs is 5. The second kappa shape index (κ2) is 8.34. The van der Waals surface area contributed by atoms with E-state index in [2.05, 4.69) is 18.2 Å². The van der Waals surface area contributed by atoms with Gasteiger partial charge in [0.2, 0.25) is 11.8 Å². The Bertz CT molecular complexity index is 1390. The Morgan fingerprint density at radius 3 is 2.53 bits per heavy atom. The summed E-state index contributed by atoms with van der Waals surface area (Å²) in [4.78, 5) is 46.4. The average molecular weight is 484 g/mol. The van der Waals surface area contributed by atoms with Gasteiger partial charge in [-0.15, -0.1) is 0 Å². The Hall–Kier alpha value is -3.39. The molecule has 2 amide bonds. The van der Waals surface area contributed by atoms with Gasteiger partial charge in [0.15, 0.2) is 5.78 Å². The van der Waals surface area contributed by atoms with Gasteiger partial charge in [-0.05, 0) is 42.2 Å². The summed E-state index contributed by atoms with van der Waals surface area (Å²) in [6.07, 6.45) is 0.561.